The van der Waals surface area contributed by atoms with Crippen LogP contribution in [0.3, 0.4) is 0 Å². The maximum atomic E-state index is 12.6. The Kier molecular flexibility index (Phi) is 76.8. The van der Waals surface area contributed by atoms with Crippen molar-refractivity contribution in [3.8, 4) is 0 Å². The van der Waals surface area contributed by atoms with E-state index in [4.69, 9.17) is 4.74 Å². The number of rotatable bonds is 77. The van der Waals surface area contributed by atoms with Gasteiger partial charge >= 0.3 is 5.97 Å². The van der Waals surface area contributed by atoms with Crippen LogP contribution in [0.5, 0.6) is 0 Å². The highest BCUT2D eigenvalue weighted by Gasteiger charge is 2.18. The number of unbranched alkanes of at least 4 members (excludes halogenated alkanes) is 62. The number of hydrogen-bond donors (Lipinski definition) is 3. The van der Waals surface area contributed by atoms with E-state index in [1.165, 1.54) is 379 Å². The molecular weight excluding hydrogens is 1090 g/mol. The van der Waals surface area contributed by atoms with Crippen molar-refractivity contribution in [2.75, 3.05) is 13.2 Å². The Bertz CT molecular complexity index is 1440. The molecular formula is C83H159NO5. The van der Waals surface area contributed by atoms with Crippen molar-refractivity contribution < 1.29 is 24.5 Å². The Morgan fingerprint density at radius 3 is 0.865 bits per heavy atom. The number of carbonyl (C=O) groups is 2. The number of carbonyl (C=O) groups excluding carboxylic acids is 2. The van der Waals surface area contributed by atoms with Gasteiger partial charge in [-0.25, -0.2) is 0 Å². The van der Waals surface area contributed by atoms with Gasteiger partial charge in [-0.2, -0.15) is 0 Å². The second-order valence-corrected chi connectivity index (χ2v) is 28.1. The van der Waals surface area contributed by atoms with E-state index in [0.29, 0.717) is 19.4 Å². The number of allylic oxidation sites excluding steroid dienone is 5. The van der Waals surface area contributed by atoms with Crippen LogP contribution >= 0.6 is 0 Å². The topological polar surface area (TPSA) is 95.9 Å². The molecule has 89 heavy (non-hydrogen) atoms. The summed E-state index contributed by atoms with van der Waals surface area (Å²) in [6, 6.07) is -0.626. The summed E-state index contributed by atoms with van der Waals surface area (Å²) in [4.78, 5) is 24.7. The van der Waals surface area contributed by atoms with Gasteiger partial charge in [0.1, 0.15) is 0 Å². The summed E-state index contributed by atoms with van der Waals surface area (Å²) >= 11 is 0. The lowest BCUT2D eigenvalue weighted by molar-refractivity contribution is -0.143. The third kappa shape index (κ3) is 75.0. The Balaban J connectivity index is 3.35. The van der Waals surface area contributed by atoms with Crippen molar-refractivity contribution in [1.29, 1.82) is 0 Å². The second kappa shape index (κ2) is 78.5. The average Bonchev–Trinajstić information content (AvgIpc) is 3.60. The molecule has 0 fully saturated rings. The normalized spacial score (nSPS) is 12.6. The third-order valence-electron chi connectivity index (χ3n) is 19.2. The molecule has 1 amide bonds. The van der Waals surface area contributed by atoms with Gasteiger partial charge in [-0.05, 0) is 64.2 Å². The van der Waals surface area contributed by atoms with Crippen LogP contribution in [0.25, 0.3) is 0 Å². The predicted molar refractivity (Wildman–Crippen MR) is 393 cm³/mol. The molecule has 0 radical (unpaired) electrons. The number of aliphatic hydroxyl groups is 2. The Labute approximate surface area is 557 Å². The molecule has 0 bridgehead atoms. The summed E-state index contributed by atoms with van der Waals surface area (Å²) < 4.78 is 5.51. The molecule has 0 aliphatic carbocycles. The first-order chi connectivity index (χ1) is 44.0. The molecule has 6 nitrogen and oxygen atoms in total. The minimum Gasteiger partial charge on any atom is -0.466 e. The van der Waals surface area contributed by atoms with Gasteiger partial charge in [0.2, 0.25) is 5.91 Å². The van der Waals surface area contributed by atoms with Crippen molar-refractivity contribution in [2.24, 2.45) is 0 Å². The number of ether oxygens (including phenoxy) is 1. The standard InChI is InChI=1S/C83H159NO5/c1-3-5-7-9-11-13-15-17-19-21-23-24-34-37-40-43-47-51-55-59-63-67-71-75-81(86)80(79-85)84-82(87)76-72-68-64-60-56-52-48-44-41-38-35-32-30-28-26-25-27-29-31-33-36-39-42-46-50-54-58-62-66-70-74-78-89-83(88)77-73-69-65-61-57-53-49-45-22-20-18-16-14-12-10-8-6-4-2/h14,16,20,22,71,75,80-81,85-86H,3-13,15,17-19,21,23-70,72-74,76-79H2,1-2H3,(H,84,87)/b16-14-,22-20-,75-71+. The molecule has 3 N–H and O–H groups in total. The zero-order valence-corrected chi connectivity index (χ0v) is 60.4. The molecule has 0 aliphatic heterocycles. The second-order valence-electron chi connectivity index (χ2n) is 28.1. The zero-order valence-electron chi connectivity index (χ0n) is 60.4. The highest BCUT2D eigenvalue weighted by atomic mass is 16.5. The van der Waals surface area contributed by atoms with E-state index in [-0.39, 0.29) is 18.5 Å². The average molecular weight is 1250 g/mol. The first kappa shape index (κ1) is 87.1. The van der Waals surface area contributed by atoms with Gasteiger partial charge in [-0.3, -0.25) is 9.59 Å². The van der Waals surface area contributed by atoms with Crippen LogP contribution in [0.15, 0.2) is 36.5 Å². The predicted octanol–water partition coefficient (Wildman–Crippen LogP) is 27.0. The molecule has 0 saturated carbocycles. The Morgan fingerprint density at radius 1 is 0.315 bits per heavy atom. The monoisotopic (exact) mass is 1250 g/mol. The first-order valence-corrected chi connectivity index (χ1v) is 40.8. The van der Waals surface area contributed by atoms with E-state index in [1.54, 1.807) is 6.08 Å². The summed E-state index contributed by atoms with van der Waals surface area (Å²) in [7, 11) is 0. The minimum absolute atomic E-state index is 0.0139. The van der Waals surface area contributed by atoms with Gasteiger partial charge in [0.05, 0.1) is 25.4 Å². The molecule has 2 atom stereocenters. The molecule has 0 spiro atoms. The number of amides is 1. The van der Waals surface area contributed by atoms with Gasteiger partial charge in [0.15, 0.2) is 0 Å². The van der Waals surface area contributed by atoms with Crippen LogP contribution in [-0.2, 0) is 14.3 Å². The molecule has 0 aromatic heterocycles. The van der Waals surface area contributed by atoms with Crippen LogP contribution < -0.4 is 5.32 Å². The highest BCUT2D eigenvalue weighted by Crippen LogP contribution is 2.20. The molecule has 0 aliphatic rings. The fraction of sp³-hybridized carbons (Fsp3) is 0.904. The van der Waals surface area contributed by atoms with E-state index in [9.17, 15) is 19.8 Å². The molecule has 0 aromatic rings. The molecule has 0 rings (SSSR count). The van der Waals surface area contributed by atoms with Gasteiger partial charge in [0.25, 0.3) is 0 Å². The zero-order chi connectivity index (χ0) is 64.2. The van der Waals surface area contributed by atoms with Crippen LogP contribution in [0, 0.1) is 0 Å². The fourth-order valence-corrected chi connectivity index (χ4v) is 13.0. The fourth-order valence-electron chi connectivity index (χ4n) is 13.0. The quantitative estimate of drug-likeness (QED) is 0.0320. The van der Waals surface area contributed by atoms with E-state index in [2.05, 4.69) is 43.5 Å². The Morgan fingerprint density at radius 2 is 0.562 bits per heavy atom. The van der Waals surface area contributed by atoms with Crippen molar-refractivity contribution in [3.05, 3.63) is 36.5 Å². The summed E-state index contributed by atoms with van der Waals surface area (Å²) in [5, 5.41) is 23.3. The van der Waals surface area contributed by atoms with Gasteiger partial charge < -0.3 is 20.3 Å². The molecule has 0 aromatic carbocycles. The van der Waals surface area contributed by atoms with Crippen molar-refractivity contribution in [1.82, 2.24) is 5.32 Å². The summed E-state index contributed by atoms with van der Waals surface area (Å²) in [5.74, 6) is -0.0449. The van der Waals surface area contributed by atoms with Gasteiger partial charge in [0, 0.05) is 12.8 Å². The lowest BCUT2D eigenvalue weighted by Crippen LogP contribution is -2.45. The number of esters is 1. The van der Waals surface area contributed by atoms with Crippen LogP contribution in [0.1, 0.15) is 457 Å². The SMILES string of the molecule is CCCCCC/C=C\C/C=C\CCCCCCCCCC(=O)OCCCCCCCCCCCCCCCCCCCCCCCCCCCCCCCCCC(=O)NC(CO)C(O)/C=C/CCCCCCCCCCCCCCCCCCCCCCC. The summed E-state index contributed by atoms with van der Waals surface area (Å²) in [6.45, 7) is 4.94. The maximum absolute atomic E-state index is 12.6. The lowest BCUT2D eigenvalue weighted by atomic mass is 10.0. The van der Waals surface area contributed by atoms with Crippen LogP contribution in [0.4, 0.5) is 0 Å². The van der Waals surface area contributed by atoms with Crippen molar-refractivity contribution in [2.45, 2.75) is 469 Å². The smallest absolute Gasteiger partial charge is 0.305 e. The minimum atomic E-state index is -0.843. The number of aliphatic hydroxyl groups excluding tert-OH is 2. The summed E-state index contributed by atoms with van der Waals surface area (Å²) in [6.07, 6.45) is 103. The van der Waals surface area contributed by atoms with Crippen molar-refractivity contribution in [3.63, 3.8) is 0 Å². The molecule has 0 heterocycles. The molecule has 2 unspecified atom stereocenters. The van der Waals surface area contributed by atoms with Crippen LogP contribution in [-0.4, -0.2) is 47.4 Å². The number of hydrogen-bond acceptors (Lipinski definition) is 5. The van der Waals surface area contributed by atoms with E-state index < -0.39 is 12.1 Å². The number of nitrogens with one attached hydrogen (secondary N) is 1. The largest absolute Gasteiger partial charge is 0.466 e. The van der Waals surface area contributed by atoms with Gasteiger partial charge in [-0.1, -0.05) is 416 Å². The van der Waals surface area contributed by atoms with E-state index in [1.807, 2.05) is 6.08 Å². The van der Waals surface area contributed by atoms with E-state index in [0.717, 1.165) is 51.4 Å². The van der Waals surface area contributed by atoms with E-state index >= 15 is 0 Å². The molecule has 526 valence electrons. The van der Waals surface area contributed by atoms with Crippen LogP contribution in [0.2, 0.25) is 0 Å². The summed E-state index contributed by atoms with van der Waals surface area (Å²) in [5.41, 5.74) is 0. The third-order valence-corrected chi connectivity index (χ3v) is 19.2. The lowest BCUT2D eigenvalue weighted by Gasteiger charge is -2.20. The maximum Gasteiger partial charge on any atom is 0.305 e. The molecule has 6 heteroatoms. The Hall–Kier alpha value is -1.92. The molecule has 0 saturated heterocycles. The van der Waals surface area contributed by atoms with Crippen molar-refractivity contribution >= 4 is 11.9 Å². The van der Waals surface area contributed by atoms with Gasteiger partial charge in [-0.15, -0.1) is 0 Å². The first-order valence-electron chi connectivity index (χ1n) is 40.8. The highest BCUT2D eigenvalue weighted by molar-refractivity contribution is 5.76.